The number of carbonyl (C=O) groups is 2. The summed E-state index contributed by atoms with van der Waals surface area (Å²) in [4.78, 5) is 26.0. The van der Waals surface area contributed by atoms with Gasteiger partial charge in [0.25, 0.3) is 0 Å². The number of thioether (sulfide) groups is 1. The van der Waals surface area contributed by atoms with E-state index in [0.29, 0.717) is 18.8 Å². The number of hydrogen-bond donors (Lipinski definition) is 1. The summed E-state index contributed by atoms with van der Waals surface area (Å²) in [6.07, 6.45) is 0. The highest BCUT2D eigenvalue weighted by atomic mass is 32.2. The summed E-state index contributed by atoms with van der Waals surface area (Å²) in [7, 11) is 0. The van der Waals surface area contributed by atoms with Crippen LogP contribution in [0.1, 0.15) is 39.2 Å². The molecule has 0 aliphatic carbocycles. The maximum atomic E-state index is 12.8. The van der Waals surface area contributed by atoms with Gasteiger partial charge in [-0.15, -0.1) is 0 Å². The Labute approximate surface area is 152 Å². The third kappa shape index (κ3) is 2.92. The lowest BCUT2D eigenvalue weighted by Gasteiger charge is -2.49. The molecule has 2 heterocycles. The average molecular weight is 361 g/mol. The van der Waals surface area contributed by atoms with Gasteiger partial charge < -0.3 is 14.8 Å². The van der Waals surface area contributed by atoms with E-state index in [1.807, 2.05) is 38.1 Å². The fraction of sp³-hybridized carbons (Fsp3) is 0.474. The van der Waals surface area contributed by atoms with E-state index in [1.165, 1.54) is 0 Å². The monoisotopic (exact) mass is 361 g/mol. The zero-order chi connectivity index (χ0) is 18.2. The van der Waals surface area contributed by atoms with E-state index in [2.05, 4.69) is 5.32 Å². The van der Waals surface area contributed by atoms with Gasteiger partial charge in [-0.25, -0.2) is 4.79 Å². The summed E-state index contributed by atoms with van der Waals surface area (Å²) < 4.78 is 10.6. The Balaban J connectivity index is 2.19. The second kappa shape index (κ2) is 6.75. The Hall–Kier alpha value is -1.95. The first-order valence-corrected chi connectivity index (χ1v) is 9.35. The molecule has 2 aliphatic rings. The first kappa shape index (κ1) is 17.9. The van der Waals surface area contributed by atoms with Crippen molar-refractivity contribution >= 4 is 23.7 Å². The lowest BCUT2D eigenvalue weighted by molar-refractivity contribution is -0.151. The van der Waals surface area contributed by atoms with Crippen LogP contribution in [0.15, 0.2) is 40.4 Å². The van der Waals surface area contributed by atoms with Crippen LogP contribution in [0.3, 0.4) is 0 Å². The molecule has 0 spiro atoms. The van der Waals surface area contributed by atoms with Gasteiger partial charge in [-0.2, -0.15) is 0 Å². The van der Waals surface area contributed by atoms with Crippen LogP contribution in [0, 0.1) is 5.92 Å². The summed E-state index contributed by atoms with van der Waals surface area (Å²) in [5.41, 5.74) is 2.26. The van der Waals surface area contributed by atoms with Crippen molar-refractivity contribution in [2.45, 2.75) is 43.4 Å². The molecule has 1 N–H and O–H groups in total. The van der Waals surface area contributed by atoms with Crippen molar-refractivity contribution in [2.75, 3.05) is 13.2 Å². The SMILES string of the molecule is CCOC(=O)C1=C(C)N[C@]2(C)Sc3ccccc3[C@H]1[C@@H]2C(=O)OCC. The minimum Gasteiger partial charge on any atom is -0.466 e. The number of esters is 2. The minimum absolute atomic E-state index is 0.292. The lowest BCUT2D eigenvalue weighted by atomic mass is 9.73. The van der Waals surface area contributed by atoms with E-state index < -0.39 is 10.8 Å². The van der Waals surface area contributed by atoms with Crippen molar-refractivity contribution in [3.63, 3.8) is 0 Å². The Morgan fingerprint density at radius 3 is 2.56 bits per heavy atom. The van der Waals surface area contributed by atoms with Gasteiger partial charge in [-0.05, 0) is 39.3 Å². The maximum Gasteiger partial charge on any atom is 0.336 e. The molecule has 2 bridgehead atoms. The highest BCUT2D eigenvalue weighted by molar-refractivity contribution is 8.00. The molecule has 25 heavy (non-hydrogen) atoms. The second-order valence-electron chi connectivity index (χ2n) is 6.34. The highest BCUT2D eigenvalue weighted by Gasteiger charge is 2.56. The number of ether oxygens (including phenoxy) is 2. The number of benzene rings is 1. The lowest BCUT2D eigenvalue weighted by Crippen LogP contribution is -2.57. The Morgan fingerprint density at radius 2 is 1.88 bits per heavy atom. The summed E-state index contributed by atoms with van der Waals surface area (Å²) in [6.45, 7) is 8.03. The molecule has 0 saturated heterocycles. The van der Waals surface area contributed by atoms with Gasteiger partial charge in [-0.3, -0.25) is 4.79 Å². The van der Waals surface area contributed by atoms with Crippen LogP contribution in [0.5, 0.6) is 0 Å². The van der Waals surface area contributed by atoms with Gasteiger partial charge in [-0.1, -0.05) is 30.0 Å². The van der Waals surface area contributed by atoms with Gasteiger partial charge in [0.2, 0.25) is 0 Å². The van der Waals surface area contributed by atoms with Gasteiger partial charge >= 0.3 is 11.9 Å². The van der Waals surface area contributed by atoms with E-state index in [9.17, 15) is 9.59 Å². The van der Waals surface area contributed by atoms with E-state index in [-0.39, 0.29) is 17.9 Å². The molecule has 0 saturated carbocycles. The molecule has 1 aromatic rings. The number of allylic oxidation sites excluding steroid dienone is 1. The van der Waals surface area contributed by atoms with Crippen molar-refractivity contribution in [1.82, 2.24) is 5.32 Å². The number of hydrogen-bond acceptors (Lipinski definition) is 6. The van der Waals surface area contributed by atoms with Crippen LogP contribution < -0.4 is 5.32 Å². The van der Waals surface area contributed by atoms with Crippen LogP contribution in [-0.4, -0.2) is 30.0 Å². The number of carbonyl (C=O) groups excluding carboxylic acids is 2. The molecule has 5 nitrogen and oxygen atoms in total. The maximum absolute atomic E-state index is 12.8. The molecule has 0 amide bonds. The van der Waals surface area contributed by atoms with Crippen molar-refractivity contribution < 1.29 is 19.1 Å². The molecule has 2 aliphatic heterocycles. The zero-order valence-corrected chi connectivity index (χ0v) is 15.7. The standard InChI is InChI=1S/C19H23NO4S/c1-5-23-17(21)14-11(3)20-19(4)16(18(22)24-6-2)15(14)12-9-7-8-10-13(12)25-19/h7-10,15-16,20H,5-6H2,1-4H3/t15-,16-,19-/m1/s1. The summed E-state index contributed by atoms with van der Waals surface area (Å²) in [6, 6.07) is 7.91. The minimum atomic E-state index is -0.578. The summed E-state index contributed by atoms with van der Waals surface area (Å²) in [5, 5.41) is 3.38. The van der Waals surface area contributed by atoms with E-state index >= 15 is 0 Å². The molecule has 6 heteroatoms. The Morgan fingerprint density at radius 1 is 1.20 bits per heavy atom. The van der Waals surface area contributed by atoms with Gasteiger partial charge in [0.1, 0.15) is 5.92 Å². The number of rotatable bonds is 4. The summed E-state index contributed by atoms with van der Waals surface area (Å²) >= 11 is 1.61. The first-order valence-electron chi connectivity index (χ1n) is 8.53. The van der Waals surface area contributed by atoms with Crippen molar-refractivity contribution in [3.8, 4) is 0 Å². The third-order valence-electron chi connectivity index (χ3n) is 4.69. The molecule has 134 valence electrons. The smallest absolute Gasteiger partial charge is 0.336 e. The molecule has 0 fully saturated rings. The second-order valence-corrected chi connectivity index (χ2v) is 7.83. The quantitative estimate of drug-likeness (QED) is 0.831. The Bertz CT molecular complexity index is 745. The first-order chi connectivity index (χ1) is 11.9. The summed E-state index contributed by atoms with van der Waals surface area (Å²) in [5.74, 6) is -1.55. The average Bonchev–Trinajstić information content (AvgIpc) is 2.54. The molecule has 0 radical (unpaired) electrons. The molecular weight excluding hydrogens is 338 g/mol. The molecular formula is C19H23NO4S. The Kier molecular flexibility index (Phi) is 4.82. The topological polar surface area (TPSA) is 64.6 Å². The van der Waals surface area contributed by atoms with E-state index in [4.69, 9.17) is 9.47 Å². The van der Waals surface area contributed by atoms with Crippen LogP contribution >= 0.6 is 11.8 Å². The normalized spacial score (nSPS) is 27.2. The predicted molar refractivity (Wildman–Crippen MR) is 96.0 cm³/mol. The van der Waals surface area contributed by atoms with Crippen LogP contribution in [0.25, 0.3) is 0 Å². The number of nitrogens with one attached hydrogen (secondary N) is 1. The van der Waals surface area contributed by atoms with Crippen molar-refractivity contribution in [1.29, 1.82) is 0 Å². The van der Waals surface area contributed by atoms with Gasteiger partial charge in [0, 0.05) is 16.5 Å². The third-order valence-corrected chi connectivity index (χ3v) is 6.06. The van der Waals surface area contributed by atoms with E-state index in [1.54, 1.807) is 25.6 Å². The van der Waals surface area contributed by atoms with E-state index in [0.717, 1.165) is 16.2 Å². The fourth-order valence-corrected chi connectivity index (χ4v) is 5.28. The molecule has 3 rings (SSSR count). The predicted octanol–water partition coefficient (Wildman–Crippen LogP) is 3.21. The molecule has 3 atom stereocenters. The molecule has 1 aromatic carbocycles. The fourth-order valence-electron chi connectivity index (χ4n) is 3.80. The zero-order valence-electron chi connectivity index (χ0n) is 14.9. The van der Waals surface area contributed by atoms with Crippen molar-refractivity contribution in [2.24, 2.45) is 5.92 Å². The van der Waals surface area contributed by atoms with Gasteiger partial charge in [0.15, 0.2) is 0 Å². The number of fused-ring (bicyclic) bond motifs is 4. The highest BCUT2D eigenvalue weighted by Crippen LogP contribution is 2.56. The van der Waals surface area contributed by atoms with Crippen molar-refractivity contribution in [3.05, 3.63) is 41.1 Å². The van der Waals surface area contributed by atoms with Crippen LogP contribution in [0.2, 0.25) is 0 Å². The van der Waals surface area contributed by atoms with Gasteiger partial charge in [0.05, 0.1) is 23.7 Å². The molecule has 0 unspecified atom stereocenters. The van der Waals surface area contributed by atoms with Crippen LogP contribution in [-0.2, 0) is 19.1 Å². The van der Waals surface area contributed by atoms with Crippen LogP contribution in [0.4, 0.5) is 0 Å². The molecule has 0 aromatic heterocycles. The largest absolute Gasteiger partial charge is 0.466 e.